The van der Waals surface area contributed by atoms with Crippen molar-refractivity contribution in [2.24, 2.45) is 0 Å². The molecule has 5 nitrogen and oxygen atoms in total. The molecule has 1 fully saturated rings. The lowest BCUT2D eigenvalue weighted by Gasteiger charge is -2.38. The Hall–Kier alpha value is -1.95. The molecule has 1 aromatic rings. The Labute approximate surface area is 142 Å². The molecule has 1 aliphatic heterocycles. The number of rotatable bonds is 6. The van der Waals surface area contributed by atoms with Crippen LogP contribution in [0.4, 0.5) is 4.39 Å². The van der Waals surface area contributed by atoms with Crippen LogP contribution in [-0.4, -0.2) is 59.0 Å². The summed E-state index contributed by atoms with van der Waals surface area (Å²) in [6.07, 6.45) is 1.53. The Morgan fingerprint density at radius 2 is 2.04 bits per heavy atom. The number of aliphatic carboxylic acids is 1. The number of likely N-dealkylation sites (tertiary alicyclic amines) is 1. The molecular formula is C18H25FN2O3. The number of carbonyl (C=O) groups is 2. The van der Waals surface area contributed by atoms with Crippen LogP contribution in [0.1, 0.15) is 38.2 Å². The number of nitrogens with zero attached hydrogens (tertiary/aromatic N) is 2. The fourth-order valence-corrected chi connectivity index (χ4v) is 3.32. The molecule has 2 rings (SSSR count). The third-order valence-electron chi connectivity index (χ3n) is 4.76. The van der Waals surface area contributed by atoms with E-state index in [0.717, 1.165) is 12.8 Å². The van der Waals surface area contributed by atoms with Gasteiger partial charge in [-0.25, -0.2) is 4.39 Å². The van der Waals surface area contributed by atoms with Gasteiger partial charge in [0.2, 0.25) is 5.91 Å². The predicted octanol–water partition coefficient (Wildman–Crippen LogP) is 2.33. The van der Waals surface area contributed by atoms with E-state index >= 15 is 0 Å². The smallest absolute Gasteiger partial charge is 0.317 e. The van der Waals surface area contributed by atoms with Crippen LogP contribution >= 0.6 is 0 Å². The number of hydrogen-bond acceptors (Lipinski definition) is 3. The number of carbonyl (C=O) groups excluding carboxylic acids is 1. The number of amides is 1. The molecule has 0 bridgehead atoms. The van der Waals surface area contributed by atoms with E-state index < -0.39 is 5.97 Å². The maximum atomic E-state index is 13.3. The zero-order valence-corrected chi connectivity index (χ0v) is 14.2. The van der Waals surface area contributed by atoms with Crippen molar-refractivity contribution in [3.05, 3.63) is 35.6 Å². The highest BCUT2D eigenvalue weighted by Gasteiger charge is 2.29. The highest BCUT2D eigenvalue weighted by atomic mass is 19.1. The quantitative estimate of drug-likeness (QED) is 0.866. The minimum absolute atomic E-state index is 0.000308. The van der Waals surface area contributed by atoms with Crippen molar-refractivity contribution >= 4 is 11.9 Å². The van der Waals surface area contributed by atoms with E-state index in [1.165, 1.54) is 12.1 Å². The van der Waals surface area contributed by atoms with E-state index in [4.69, 9.17) is 5.11 Å². The molecule has 1 aromatic carbocycles. The standard InChI is InChI=1S/C18H25FN2O3/c1-3-20(12-17(22)23)16-7-9-21(10-8-16)18(24)13(2)14-5-4-6-15(19)11-14/h4-6,11,13,16H,3,7-10,12H2,1-2H3,(H,22,23). The first kappa shape index (κ1) is 18.4. The van der Waals surface area contributed by atoms with Gasteiger partial charge in [-0.15, -0.1) is 0 Å². The number of likely N-dealkylation sites (N-methyl/N-ethyl adjacent to an activating group) is 1. The Bertz CT molecular complexity index is 585. The molecule has 1 N–H and O–H groups in total. The van der Waals surface area contributed by atoms with Gasteiger partial charge in [0.25, 0.3) is 0 Å². The fraction of sp³-hybridized carbons (Fsp3) is 0.556. The number of hydrogen-bond donors (Lipinski definition) is 1. The molecule has 0 spiro atoms. The molecule has 0 aliphatic carbocycles. The van der Waals surface area contributed by atoms with Crippen LogP contribution in [0.5, 0.6) is 0 Å². The van der Waals surface area contributed by atoms with Crippen LogP contribution in [0.3, 0.4) is 0 Å². The molecule has 1 heterocycles. The molecular weight excluding hydrogens is 311 g/mol. The first-order chi connectivity index (χ1) is 11.4. The van der Waals surface area contributed by atoms with Gasteiger partial charge in [0, 0.05) is 19.1 Å². The third kappa shape index (κ3) is 4.54. The van der Waals surface area contributed by atoms with Crippen LogP contribution < -0.4 is 0 Å². The average Bonchev–Trinajstić information content (AvgIpc) is 2.58. The van der Waals surface area contributed by atoms with Crippen molar-refractivity contribution in [1.29, 1.82) is 0 Å². The zero-order valence-electron chi connectivity index (χ0n) is 14.2. The number of carboxylic acid groups (broad SMARTS) is 1. The summed E-state index contributed by atoms with van der Waals surface area (Å²) >= 11 is 0. The minimum Gasteiger partial charge on any atom is -0.480 e. The lowest BCUT2D eigenvalue weighted by molar-refractivity contribution is -0.140. The van der Waals surface area contributed by atoms with Crippen molar-refractivity contribution in [2.45, 2.75) is 38.6 Å². The lowest BCUT2D eigenvalue weighted by atomic mass is 9.97. The summed E-state index contributed by atoms with van der Waals surface area (Å²) in [4.78, 5) is 27.3. The number of benzene rings is 1. The summed E-state index contributed by atoms with van der Waals surface area (Å²) in [6.45, 7) is 5.69. The van der Waals surface area contributed by atoms with Gasteiger partial charge < -0.3 is 10.0 Å². The van der Waals surface area contributed by atoms with E-state index in [9.17, 15) is 14.0 Å². The maximum absolute atomic E-state index is 13.3. The second-order valence-corrected chi connectivity index (χ2v) is 6.29. The van der Waals surface area contributed by atoms with E-state index in [0.29, 0.717) is 25.2 Å². The third-order valence-corrected chi connectivity index (χ3v) is 4.76. The molecule has 0 radical (unpaired) electrons. The van der Waals surface area contributed by atoms with Gasteiger partial charge in [0.05, 0.1) is 12.5 Å². The SMILES string of the molecule is CCN(CC(=O)O)C1CCN(C(=O)C(C)c2cccc(F)c2)CC1. The molecule has 1 aliphatic rings. The topological polar surface area (TPSA) is 60.9 Å². The Morgan fingerprint density at radius 1 is 1.38 bits per heavy atom. The van der Waals surface area contributed by atoms with Crippen LogP contribution in [0.15, 0.2) is 24.3 Å². The van der Waals surface area contributed by atoms with E-state index in [2.05, 4.69) is 0 Å². The van der Waals surface area contributed by atoms with E-state index in [1.54, 1.807) is 24.0 Å². The summed E-state index contributed by atoms with van der Waals surface area (Å²) in [6, 6.07) is 6.35. The maximum Gasteiger partial charge on any atom is 0.317 e. The Balaban J connectivity index is 1.93. The summed E-state index contributed by atoms with van der Waals surface area (Å²) in [5.41, 5.74) is 0.684. The molecule has 1 amide bonds. The Kier molecular flexibility index (Phi) is 6.31. The molecule has 6 heteroatoms. The molecule has 0 aromatic heterocycles. The van der Waals surface area contributed by atoms with Gasteiger partial charge in [-0.2, -0.15) is 0 Å². The largest absolute Gasteiger partial charge is 0.480 e. The van der Waals surface area contributed by atoms with Gasteiger partial charge in [-0.3, -0.25) is 14.5 Å². The average molecular weight is 336 g/mol. The molecule has 1 atom stereocenters. The van der Waals surface area contributed by atoms with Crippen molar-refractivity contribution in [3.8, 4) is 0 Å². The van der Waals surface area contributed by atoms with Crippen LogP contribution in [0.25, 0.3) is 0 Å². The fourth-order valence-electron chi connectivity index (χ4n) is 3.32. The lowest BCUT2D eigenvalue weighted by Crippen LogP contribution is -2.48. The van der Waals surface area contributed by atoms with E-state index in [-0.39, 0.29) is 30.2 Å². The highest BCUT2D eigenvalue weighted by Crippen LogP contribution is 2.23. The summed E-state index contributed by atoms with van der Waals surface area (Å²) < 4.78 is 13.3. The molecule has 1 saturated heterocycles. The Morgan fingerprint density at radius 3 is 2.58 bits per heavy atom. The molecule has 1 unspecified atom stereocenters. The van der Waals surface area contributed by atoms with Crippen molar-refractivity contribution in [3.63, 3.8) is 0 Å². The second-order valence-electron chi connectivity index (χ2n) is 6.29. The van der Waals surface area contributed by atoms with Gasteiger partial charge in [-0.1, -0.05) is 19.1 Å². The summed E-state index contributed by atoms with van der Waals surface area (Å²) in [5.74, 6) is -1.54. The normalized spacial score (nSPS) is 17.1. The number of carboxylic acids is 1. The van der Waals surface area contributed by atoms with Gasteiger partial charge in [0.15, 0.2) is 0 Å². The summed E-state index contributed by atoms with van der Waals surface area (Å²) in [7, 11) is 0. The van der Waals surface area contributed by atoms with Gasteiger partial charge >= 0.3 is 5.97 Å². The molecule has 0 saturated carbocycles. The zero-order chi connectivity index (χ0) is 17.7. The van der Waals surface area contributed by atoms with E-state index in [1.807, 2.05) is 11.8 Å². The van der Waals surface area contributed by atoms with Crippen molar-refractivity contribution < 1.29 is 19.1 Å². The van der Waals surface area contributed by atoms with Crippen molar-refractivity contribution in [1.82, 2.24) is 9.80 Å². The minimum atomic E-state index is -0.824. The monoisotopic (exact) mass is 336 g/mol. The summed E-state index contributed by atoms with van der Waals surface area (Å²) in [5, 5.41) is 8.97. The first-order valence-electron chi connectivity index (χ1n) is 8.42. The van der Waals surface area contributed by atoms with Crippen LogP contribution in [-0.2, 0) is 9.59 Å². The first-order valence-corrected chi connectivity index (χ1v) is 8.42. The van der Waals surface area contributed by atoms with Gasteiger partial charge in [-0.05, 0) is 44.0 Å². The predicted molar refractivity (Wildman–Crippen MR) is 89.3 cm³/mol. The molecule has 24 heavy (non-hydrogen) atoms. The number of halogens is 1. The van der Waals surface area contributed by atoms with Gasteiger partial charge in [0.1, 0.15) is 5.82 Å². The highest BCUT2D eigenvalue weighted by molar-refractivity contribution is 5.83. The van der Waals surface area contributed by atoms with Crippen LogP contribution in [0, 0.1) is 5.82 Å². The van der Waals surface area contributed by atoms with Crippen LogP contribution in [0.2, 0.25) is 0 Å². The van der Waals surface area contributed by atoms with Crippen molar-refractivity contribution in [2.75, 3.05) is 26.2 Å². The number of piperidine rings is 1. The second kappa shape index (κ2) is 8.24. The molecule has 132 valence electrons.